The lowest BCUT2D eigenvalue weighted by Gasteiger charge is -2.15. The Labute approximate surface area is 123 Å². The number of halogens is 1. The van der Waals surface area contributed by atoms with E-state index in [0.717, 1.165) is 5.56 Å². The highest BCUT2D eigenvalue weighted by Gasteiger charge is 2.21. The molecule has 0 aliphatic rings. The molecule has 1 unspecified atom stereocenters. The molecule has 0 bridgehead atoms. The Bertz CT molecular complexity index is 655. The number of nitrogens with zero attached hydrogens (tertiary/aromatic N) is 1. The van der Waals surface area contributed by atoms with Crippen LogP contribution in [0.3, 0.4) is 0 Å². The predicted molar refractivity (Wildman–Crippen MR) is 78.3 cm³/mol. The van der Waals surface area contributed by atoms with Gasteiger partial charge in [0.15, 0.2) is 5.03 Å². The van der Waals surface area contributed by atoms with Crippen LogP contribution in [-0.2, 0) is 16.4 Å². The van der Waals surface area contributed by atoms with Gasteiger partial charge in [-0.05, 0) is 18.9 Å². The first-order chi connectivity index (χ1) is 9.51. The van der Waals surface area contributed by atoms with Gasteiger partial charge in [0.05, 0.1) is 6.20 Å². The number of H-pyrrole nitrogens is 1. The van der Waals surface area contributed by atoms with Crippen LogP contribution in [0.5, 0.6) is 0 Å². The van der Waals surface area contributed by atoms with Crippen molar-refractivity contribution in [2.24, 2.45) is 0 Å². The van der Waals surface area contributed by atoms with Gasteiger partial charge < -0.3 is 4.98 Å². The van der Waals surface area contributed by atoms with Crippen LogP contribution in [0.1, 0.15) is 11.4 Å². The van der Waals surface area contributed by atoms with Crippen molar-refractivity contribution in [3.63, 3.8) is 0 Å². The van der Waals surface area contributed by atoms with Crippen molar-refractivity contribution in [2.45, 2.75) is 24.4 Å². The maximum Gasteiger partial charge on any atom is 0.257 e. The number of aryl methyl sites for hydroxylation is 1. The van der Waals surface area contributed by atoms with Crippen molar-refractivity contribution in [3.05, 3.63) is 47.9 Å². The second-order valence-electron chi connectivity index (χ2n) is 4.50. The van der Waals surface area contributed by atoms with Gasteiger partial charge in [0, 0.05) is 11.9 Å². The minimum absolute atomic E-state index is 0.0539. The molecule has 5 nitrogen and oxygen atoms in total. The zero-order chi connectivity index (χ0) is 14.6. The number of alkyl halides is 1. The lowest BCUT2D eigenvalue weighted by molar-refractivity contribution is 0.558. The quantitative estimate of drug-likeness (QED) is 0.799. The molecule has 20 heavy (non-hydrogen) atoms. The number of sulfonamides is 1. The fourth-order valence-electron chi connectivity index (χ4n) is 1.84. The Morgan fingerprint density at radius 3 is 2.60 bits per heavy atom. The molecule has 0 radical (unpaired) electrons. The molecule has 1 aromatic heterocycles. The normalized spacial score (nSPS) is 13.3. The van der Waals surface area contributed by atoms with Gasteiger partial charge in [-0.1, -0.05) is 30.3 Å². The van der Waals surface area contributed by atoms with Crippen LogP contribution in [0.4, 0.5) is 0 Å². The van der Waals surface area contributed by atoms with Crippen LogP contribution < -0.4 is 4.72 Å². The third-order valence-corrected chi connectivity index (χ3v) is 4.60. The van der Waals surface area contributed by atoms with Crippen molar-refractivity contribution in [1.82, 2.24) is 14.7 Å². The molecule has 1 atom stereocenters. The average Bonchev–Trinajstić information content (AvgIpc) is 2.86. The van der Waals surface area contributed by atoms with E-state index in [-0.39, 0.29) is 16.9 Å². The number of aromatic amines is 1. The molecule has 1 heterocycles. The van der Waals surface area contributed by atoms with E-state index in [4.69, 9.17) is 11.6 Å². The Morgan fingerprint density at radius 1 is 1.35 bits per heavy atom. The highest BCUT2D eigenvalue weighted by Crippen LogP contribution is 2.10. The smallest absolute Gasteiger partial charge is 0.257 e. The Kier molecular flexibility index (Phi) is 4.80. The molecule has 0 saturated carbocycles. The lowest BCUT2D eigenvalue weighted by atomic mass is 10.1. The maximum atomic E-state index is 12.2. The van der Waals surface area contributed by atoms with Crippen LogP contribution in [-0.4, -0.2) is 30.3 Å². The summed E-state index contributed by atoms with van der Waals surface area (Å²) in [6.07, 6.45) is 1.84. The van der Waals surface area contributed by atoms with E-state index in [9.17, 15) is 8.42 Å². The number of hydrogen-bond donors (Lipinski definition) is 2. The summed E-state index contributed by atoms with van der Waals surface area (Å²) in [5, 5.41) is 0.0539. The van der Waals surface area contributed by atoms with E-state index >= 15 is 0 Å². The van der Waals surface area contributed by atoms with Crippen molar-refractivity contribution < 1.29 is 8.42 Å². The van der Waals surface area contributed by atoms with Gasteiger partial charge >= 0.3 is 0 Å². The van der Waals surface area contributed by atoms with E-state index in [1.165, 1.54) is 6.20 Å². The summed E-state index contributed by atoms with van der Waals surface area (Å²) in [6.45, 7) is 1.70. The summed E-state index contributed by atoms with van der Waals surface area (Å²) < 4.78 is 26.9. The van der Waals surface area contributed by atoms with Gasteiger partial charge in [-0.15, -0.1) is 11.6 Å². The fourth-order valence-corrected chi connectivity index (χ4v) is 3.33. The summed E-state index contributed by atoms with van der Waals surface area (Å²) in [4.78, 5) is 6.60. The lowest BCUT2D eigenvalue weighted by Crippen LogP contribution is -2.37. The van der Waals surface area contributed by atoms with Gasteiger partial charge in [0.25, 0.3) is 10.0 Å². The number of rotatable bonds is 6. The van der Waals surface area contributed by atoms with E-state index in [0.29, 0.717) is 12.2 Å². The molecule has 0 fully saturated rings. The third-order valence-electron chi connectivity index (χ3n) is 2.80. The molecule has 1 aromatic carbocycles. The molecular formula is C13H16ClN3O2S. The number of imidazole rings is 1. The minimum atomic E-state index is -3.62. The Balaban J connectivity index is 2.10. The fraction of sp³-hybridized carbons (Fsp3) is 0.308. The molecule has 108 valence electrons. The molecule has 0 aliphatic carbocycles. The topological polar surface area (TPSA) is 74.8 Å². The second kappa shape index (κ2) is 6.39. The van der Waals surface area contributed by atoms with Crippen LogP contribution in [0.25, 0.3) is 0 Å². The van der Waals surface area contributed by atoms with E-state index in [2.05, 4.69) is 14.7 Å². The predicted octanol–water partition coefficient (Wildman–Crippen LogP) is 1.85. The van der Waals surface area contributed by atoms with E-state index in [1.807, 2.05) is 30.3 Å². The van der Waals surface area contributed by atoms with E-state index in [1.54, 1.807) is 6.92 Å². The standard InChI is InChI=1S/C13H16ClN3O2S/c1-10-15-9-13(16-10)20(18,19)17-12(8-14)7-11-5-3-2-4-6-11/h2-6,9,12,17H,7-8H2,1H3,(H,15,16). The minimum Gasteiger partial charge on any atom is -0.332 e. The highest BCUT2D eigenvalue weighted by molar-refractivity contribution is 7.89. The van der Waals surface area contributed by atoms with Crippen molar-refractivity contribution in [3.8, 4) is 0 Å². The molecule has 0 aliphatic heterocycles. The molecule has 0 spiro atoms. The van der Waals surface area contributed by atoms with Gasteiger partial charge in [-0.25, -0.2) is 18.1 Å². The van der Waals surface area contributed by atoms with Gasteiger partial charge in [-0.3, -0.25) is 0 Å². The van der Waals surface area contributed by atoms with Crippen LogP contribution in [0.15, 0.2) is 41.6 Å². The van der Waals surface area contributed by atoms with Crippen LogP contribution in [0.2, 0.25) is 0 Å². The first-order valence-corrected chi connectivity index (χ1v) is 8.17. The molecule has 2 N–H and O–H groups in total. The Morgan fingerprint density at radius 2 is 2.05 bits per heavy atom. The van der Waals surface area contributed by atoms with Crippen LogP contribution in [0, 0.1) is 6.92 Å². The second-order valence-corrected chi connectivity index (χ2v) is 6.49. The van der Waals surface area contributed by atoms with E-state index < -0.39 is 10.0 Å². The largest absolute Gasteiger partial charge is 0.332 e. The molecule has 7 heteroatoms. The zero-order valence-corrected chi connectivity index (χ0v) is 12.6. The van der Waals surface area contributed by atoms with Crippen molar-refractivity contribution in [1.29, 1.82) is 0 Å². The van der Waals surface area contributed by atoms with Crippen LogP contribution >= 0.6 is 11.6 Å². The summed E-state index contributed by atoms with van der Waals surface area (Å²) in [5.74, 6) is 0.747. The van der Waals surface area contributed by atoms with Crippen molar-refractivity contribution >= 4 is 21.6 Å². The summed E-state index contributed by atoms with van der Waals surface area (Å²) in [5.41, 5.74) is 1.03. The molecule has 2 rings (SSSR count). The van der Waals surface area contributed by atoms with Gasteiger partial charge in [-0.2, -0.15) is 0 Å². The summed E-state index contributed by atoms with van der Waals surface area (Å²) in [7, 11) is -3.62. The monoisotopic (exact) mass is 313 g/mol. The van der Waals surface area contributed by atoms with Gasteiger partial charge in [0.2, 0.25) is 0 Å². The number of hydrogen-bond acceptors (Lipinski definition) is 3. The van der Waals surface area contributed by atoms with Crippen molar-refractivity contribution in [2.75, 3.05) is 5.88 Å². The first-order valence-electron chi connectivity index (χ1n) is 6.15. The van der Waals surface area contributed by atoms with Gasteiger partial charge in [0.1, 0.15) is 5.82 Å². The Hall–Kier alpha value is -1.37. The summed E-state index contributed by atoms with van der Waals surface area (Å²) in [6, 6.07) is 9.24. The molecule has 0 amide bonds. The number of aromatic nitrogens is 2. The molecule has 0 saturated heterocycles. The third kappa shape index (κ3) is 3.82. The first kappa shape index (κ1) is 15.0. The maximum absolute atomic E-state index is 12.2. The number of benzene rings is 1. The SMILES string of the molecule is Cc1ncc(S(=O)(=O)NC(CCl)Cc2ccccc2)[nH]1. The highest BCUT2D eigenvalue weighted by atomic mass is 35.5. The summed E-state index contributed by atoms with van der Waals surface area (Å²) >= 11 is 5.86. The average molecular weight is 314 g/mol. The molecule has 2 aromatic rings. The zero-order valence-electron chi connectivity index (χ0n) is 11.0. The molecular weight excluding hydrogens is 298 g/mol. The number of nitrogens with one attached hydrogen (secondary N) is 2.